The standard InChI is InChI=1S/C6H14N2.2ClH/c1-8(2)5-6-3-4-7-6;;/h6-7H,3-5H2,1-2H3;2*1H/t6-;;/m0../s1. The molecule has 0 saturated carbocycles. The Labute approximate surface area is 75.2 Å². The van der Waals surface area contributed by atoms with Crippen molar-refractivity contribution in [3.05, 3.63) is 0 Å². The first-order chi connectivity index (χ1) is 3.79. The van der Waals surface area contributed by atoms with E-state index in [1.165, 1.54) is 19.5 Å². The molecule has 4 heteroatoms. The number of rotatable bonds is 2. The van der Waals surface area contributed by atoms with Crippen LogP contribution in [0.5, 0.6) is 0 Å². The molecule has 0 bridgehead atoms. The van der Waals surface area contributed by atoms with Crippen LogP contribution in [-0.4, -0.2) is 38.1 Å². The fourth-order valence-electron chi connectivity index (χ4n) is 0.945. The van der Waals surface area contributed by atoms with Crippen molar-refractivity contribution in [1.82, 2.24) is 10.2 Å². The van der Waals surface area contributed by atoms with Gasteiger partial charge in [0.05, 0.1) is 0 Å². The number of nitrogens with zero attached hydrogens (tertiary/aromatic N) is 1. The average Bonchev–Trinajstić information content (AvgIpc) is 1.55. The first-order valence-electron chi connectivity index (χ1n) is 3.17. The molecule has 64 valence electrons. The van der Waals surface area contributed by atoms with Gasteiger partial charge in [-0.05, 0) is 27.1 Å². The van der Waals surface area contributed by atoms with E-state index >= 15 is 0 Å². The van der Waals surface area contributed by atoms with Crippen molar-refractivity contribution in [3.63, 3.8) is 0 Å². The molecule has 2 nitrogen and oxygen atoms in total. The summed E-state index contributed by atoms with van der Waals surface area (Å²) in [5.74, 6) is 0. The highest BCUT2D eigenvalue weighted by Gasteiger charge is 2.15. The lowest BCUT2D eigenvalue weighted by molar-refractivity contribution is 0.273. The van der Waals surface area contributed by atoms with Crippen LogP contribution in [0.2, 0.25) is 0 Å². The molecule has 1 atom stereocenters. The third-order valence-electron chi connectivity index (χ3n) is 1.51. The normalized spacial score (nSPS) is 22.5. The van der Waals surface area contributed by atoms with E-state index in [0.29, 0.717) is 0 Å². The summed E-state index contributed by atoms with van der Waals surface area (Å²) >= 11 is 0. The molecule has 1 rings (SSSR count). The minimum atomic E-state index is 0. The van der Waals surface area contributed by atoms with E-state index < -0.39 is 0 Å². The topological polar surface area (TPSA) is 15.3 Å². The largest absolute Gasteiger partial charge is 0.313 e. The summed E-state index contributed by atoms with van der Waals surface area (Å²) in [7, 11) is 4.22. The molecule has 0 aromatic carbocycles. The van der Waals surface area contributed by atoms with E-state index in [-0.39, 0.29) is 24.8 Å². The SMILES string of the molecule is CN(C)C[C@@H]1CCN1.Cl.Cl. The van der Waals surface area contributed by atoms with Crippen molar-refractivity contribution in [3.8, 4) is 0 Å². The van der Waals surface area contributed by atoms with Crippen molar-refractivity contribution < 1.29 is 0 Å². The van der Waals surface area contributed by atoms with E-state index in [9.17, 15) is 0 Å². The predicted octanol–water partition coefficient (Wildman–Crippen LogP) is 0.753. The number of likely N-dealkylation sites (N-methyl/N-ethyl adjacent to an activating group) is 1. The third-order valence-corrected chi connectivity index (χ3v) is 1.51. The van der Waals surface area contributed by atoms with E-state index in [4.69, 9.17) is 0 Å². The van der Waals surface area contributed by atoms with Crippen LogP contribution < -0.4 is 5.32 Å². The summed E-state index contributed by atoms with van der Waals surface area (Å²) in [6, 6.07) is 0.782. The lowest BCUT2D eigenvalue weighted by atomic mass is 10.1. The second-order valence-electron chi connectivity index (χ2n) is 2.70. The highest BCUT2D eigenvalue weighted by molar-refractivity contribution is 5.85. The van der Waals surface area contributed by atoms with Gasteiger partial charge in [-0.15, -0.1) is 24.8 Å². The summed E-state index contributed by atoms with van der Waals surface area (Å²) in [6.07, 6.45) is 1.36. The Bertz CT molecular complexity index is 74.1. The molecule has 1 N–H and O–H groups in total. The molecule has 0 spiro atoms. The molecule has 1 saturated heterocycles. The van der Waals surface area contributed by atoms with Gasteiger partial charge in [-0.1, -0.05) is 0 Å². The Balaban J connectivity index is 0. The van der Waals surface area contributed by atoms with E-state index in [1.54, 1.807) is 0 Å². The second kappa shape index (κ2) is 6.23. The fourth-order valence-corrected chi connectivity index (χ4v) is 0.945. The Morgan fingerprint density at radius 1 is 1.40 bits per heavy atom. The molecule has 0 aliphatic carbocycles. The van der Waals surface area contributed by atoms with Gasteiger partial charge in [0.2, 0.25) is 0 Å². The molecule has 0 amide bonds. The van der Waals surface area contributed by atoms with Gasteiger partial charge in [0, 0.05) is 12.6 Å². The van der Waals surface area contributed by atoms with Crippen molar-refractivity contribution >= 4 is 24.8 Å². The lowest BCUT2D eigenvalue weighted by Gasteiger charge is -2.29. The minimum Gasteiger partial charge on any atom is -0.313 e. The molecule has 1 fully saturated rings. The van der Waals surface area contributed by atoms with Crippen LogP contribution in [0, 0.1) is 0 Å². The van der Waals surface area contributed by atoms with Crippen molar-refractivity contribution in [1.29, 1.82) is 0 Å². The van der Waals surface area contributed by atoms with Crippen molar-refractivity contribution in [2.75, 3.05) is 27.2 Å². The predicted molar refractivity (Wildman–Crippen MR) is 49.5 cm³/mol. The minimum absolute atomic E-state index is 0. The molecule has 0 aromatic rings. The highest BCUT2D eigenvalue weighted by atomic mass is 35.5. The van der Waals surface area contributed by atoms with Gasteiger partial charge in [-0.3, -0.25) is 0 Å². The van der Waals surface area contributed by atoms with E-state index in [1.807, 2.05) is 0 Å². The quantitative estimate of drug-likeness (QED) is 0.686. The summed E-state index contributed by atoms with van der Waals surface area (Å²) in [5.41, 5.74) is 0. The fraction of sp³-hybridized carbons (Fsp3) is 1.00. The Morgan fingerprint density at radius 3 is 2.00 bits per heavy atom. The number of nitrogens with one attached hydrogen (secondary N) is 1. The van der Waals surface area contributed by atoms with Crippen LogP contribution in [0.1, 0.15) is 6.42 Å². The molecule has 0 unspecified atom stereocenters. The van der Waals surface area contributed by atoms with E-state index in [0.717, 1.165) is 6.04 Å². The van der Waals surface area contributed by atoms with Gasteiger partial charge >= 0.3 is 0 Å². The van der Waals surface area contributed by atoms with Crippen LogP contribution in [0.3, 0.4) is 0 Å². The average molecular weight is 187 g/mol. The van der Waals surface area contributed by atoms with Crippen LogP contribution in [0.4, 0.5) is 0 Å². The monoisotopic (exact) mass is 186 g/mol. The Kier molecular flexibility index (Phi) is 8.17. The molecule has 1 heterocycles. The summed E-state index contributed by atoms with van der Waals surface area (Å²) in [4.78, 5) is 2.22. The summed E-state index contributed by atoms with van der Waals surface area (Å²) < 4.78 is 0. The highest BCUT2D eigenvalue weighted by Crippen LogP contribution is 2.01. The molecule has 1 aliphatic rings. The van der Waals surface area contributed by atoms with Crippen molar-refractivity contribution in [2.45, 2.75) is 12.5 Å². The molecular weight excluding hydrogens is 171 g/mol. The number of hydrogen-bond donors (Lipinski definition) is 1. The lowest BCUT2D eigenvalue weighted by Crippen LogP contribution is -2.48. The number of halogens is 2. The van der Waals surface area contributed by atoms with Crippen LogP contribution >= 0.6 is 24.8 Å². The summed E-state index contributed by atoms with van der Waals surface area (Å²) in [5, 5.41) is 3.34. The maximum Gasteiger partial charge on any atom is 0.0206 e. The molecule has 0 radical (unpaired) electrons. The maximum atomic E-state index is 3.34. The van der Waals surface area contributed by atoms with Crippen LogP contribution in [0.25, 0.3) is 0 Å². The molecule has 10 heavy (non-hydrogen) atoms. The smallest absolute Gasteiger partial charge is 0.0206 e. The van der Waals surface area contributed by atoms with Gasteiger partial charge in [0.15, 0.2) is 0 Å². The van der Waals surface area contributed by atoms with Gasteiger partial charge in [-0.25, -0.2) is 0 Å². The third kappa shape index (κ3) is 4.34. The van der Waals surface area contributed by atoms with Crippen LogP contribution in [0.15, 0.2) is 0 Å². The zero-order valence-electron chi connectivity index (χ0n) is 6.46. The maximum absolute atomic E-state index is 3.34. The second-order valence-corrected chi connectivity index (χ2v) is 2.70. The molecule has 0 aromatic heterocycles. The molecular formula is C6H16Cl2N2. The Morgan fingerprint density at radius 2 is 1.90 bits per heavy atom. The van der Waals surface area contributed by atoms with E-state index in [2.05, 4.69) is 24.3 Å². The van der Waals surface area contributed by atoms with Crippen LogP contribution in [-0.2, 0) is 0 Å². The first kappa shape index (κ1) is 13.1. The summed E-state index contributed by atoms with van der Waals surface area (Å²) in [6.45, 7) is 2.42. The van der Waals surface area contributed by atoms with Crippen molar-refractivity contribution in [2.24, 2.45) is 0 Å². The Hall–Kier alpha value is 0.500. The van der Waals surface area contributed by atoms with Gasteiger partial charge in [-0.2, -0.15) is 0 Å². The molecule has 1 aliphatic heterocycles. The first-order valence-corrected chi connectivity index (χ1v) is 3.17. The number of hydrogen-bond acceptors (Lipinski definition) is 2. The van der Waals surface area contributed by atoms with Gasteiger partial charge in [0.1, 0.15) is 0 Å². The van der Waals surface area contributed by atoms with Gasteiger partial charge < -0.3 is 10.2 Å². The van der Waals surface area contributed by atoms with Gasteiger partial charge in [0.25, 0.3) is 0 Å². The zero-order chi connectivity index (χ0) is 5.98. The zero-order valence-corrected chi connectivity index (χ0v) is 8.10.